The van der Waals surface area contributed by atoms with E-state index in [0.29, 0.717) is 34.5 Å². The zero-order chi connectivity index (χ0) is 20.5. The fourth-order valence-corrected chi connectivity index (χ4v) is 4.17. The Labute approximate surface area is 174 Å². The van der Waals surface area contributed by atoms with Crippen molar-refractivity contribution in [2.24, 2.45) is 0 Å². The smallest absolute Gasteiger partial charge is 0.164 e. The molecule has 6 nitrogen and oxygen atoms in total. The van der Waals surface area contributed by atoms with Crippen molar-refractivity contribution in [3.63, 3.8) is 0 Å². The van der Waals surface area contributed by atoms with Crippen LogP contribution in [0.1, 0.15) is 30.0 Å². The molecule has 1 aliphatic heterocycles. The summed E-state index contributed by atoms with van der Waals surface area (Å²) in [4.78, 5) is 8.56. The predicted molar refractivity (Wildman–Crippen MR) is 116 cm³/mol. The molecule has 1 aliphatic rings. The van der Waals surface area contributed by atoms with E-state index in [1.165, 1.54) is 6.33 Å². The van der Waals surface area contributed by atoms with Crippen LogP contribution in [0.4, 0.5) is 10.2 Å². The van der Waals surface area contributed by atoms with E-state index in [9.17, 15) is 0 Å². The Morgan fingerprint density at radius 1 is 1.10 bits per heavy atom. The Morgan fingerprint density at radius 3 is 2.73 bits per heavy atom. The molecule has 2 aromatic heterocycles. The highest BCUT2D eigenvalue weighted by Crippen LogP contribution is 2.34. The minimum absolute atomic E-state index is 0.157. The third-order valence-electron chi connectivity index (χ3n) is 5.67. The molecule has 0 spiro atoms. The maximum absolute atomic E-state index is 15.2. The fourth-order valence-electron chi connectivity index (χ4n) is 4.17. The second kappa shape index (κ2) is 7.84. The van der Waals surface area contributed by atoms with E-state index < -0.39 is 0 Å². The maximum Gasteiger partial charge on any atom is 0.164 e. The standard InChI is InChI=1S/C23H23FN6/c24-19-12-16(11-15-5-2-1-3-6-15)8-9-18(19)21-20-22(25)27-14-28-23(20)30(29-21)17-7-4-10-26-13-17/h1-3,5-6,8-9,12,14,17,26H,4,7,10-11,13H2,(H2,25,27,28)/t17-/m1/s1. The first-order valence-corrected chi connectivity index (χ1v) is 10.2. The highest BCUT2D eigenvalue weighted by Gasteiger charge is 2.24. The number of anilines is 1. The molecule has 1 fully saturated rings. The topological polar surface area (TPSA) is 81.7 Å². The number of hydrogen-bond acceptors (Lipinski definition) is 5. The summed E-state index contributed by atoms with van der Waals surface area (Å²) >= 11 is 0. The van der Waals surface area contributed by atoms with E-state index >= 15 is 4.39 Å². The number of rotatable bonds is 4. The molecule has 0 bridgehead atoms. The van der Waals surface area contributed by atoms with Crippen molar-refractivity contribution < 1.29 is 4.39 Å². The van der Waals surface area contributed by atoms with Crippen LogP contribution in [0.2, 0.25) is 0 Å². The average molecular weight is 402 g/mol. The third kappa shape index (κ3) is 3.41. The molecule has 2 aromatic carbocycles. The number of nitrogens with one attached hydrogen (secondary N) is 1. The number of fused-ring (bicyclic) bond motifs is 1. The largest absolute Gasteiger partial charge is 0.383 e. The Kier molecular flexibility index (Phi) is 4.88. The molecule has 0 radical (unpaired) electrons. The Balaban J connectivity index is 1.57. The van der Waals surface area contributed by atoms with Crippen LogP contribution < -0.4 is 11.1 Å². The molecule has 0 unspecified atom stereocenters. The summed E-state index contributed by atoms with van der Waals surface area (Å²) in [6.07, 6.45) is 4.16. The van der Waals surface area contributed by atoms with Crippen LogP contribution in [0.5, 0.6) is 0 Å². The van der Waals surface area contributed by atoms with Crippen LogP contribution >= 0.6 is 0 Å². The second-order valence-electron chi connectivity index (χ2n) is 7.73. The van der Waals surface area contributed by atoms with Gasteiger partial charge in [0.25, 0.3) is 0 Å². The Bertz CT molecular complexity index is 1180. The highest BCUT2D eigenvalue weighted by molar-refractivity contribution is 5.98. The first-order chi connectivity index (χ1) is 14.7. The minimum atomic E-state index is -0.319. The number of piperidine rings is 1. The lowest BCUT2D eigenvalue weighted by Gasteiger charge is -2.23. The molecule has 1 saturated heterocycles. The molecule has 5 rings (SSSR count). The van der Waals surface area contributed by atoms with Crippen LogP contribution in [-0.4, -0.2) is 32.8 Å². The SMILES string of the molecule is Nc1ncnc2c1c(-c1ccc(Cc3ccccc3)cc1F)nn2[C@@H]1CCCNC1. The van der Waals surface area contributed by atoms with Gasteiger partial charge in [-0.05, 0) is 49.1 Å². The van der Waals surface area contributed by atoms with Gasteiger partial charge < -0.3 is 11.1 Å². The van der Waals surface area contributed by atoms with E-state index in [0.717, 1.165) is 37.1 Å². The summed E-state index contributed by atoms with van der Waals surface area (Å²) in [5.41, 5.74) is 9.79. The lowest BCUT2D eigenvalue weighted by atomic mass is 10.0. The van der Waals surface area contributed by atoms with Crippen molar-refractivity contribution in [2.75, 3.05) is 18.8 Å². The Hall–Kier alpha value is -3.32. The van der Waals surface area contributed by atoms with Gasteiger partial charge in [0.1, 0.15) is 23.7 Å². The van der Waals surface area contributed by atoms with Gasteiger partial charge in [0.2, 0.25) is 0 Å². The van der Waals surface area contributed by atoms with Gasteiger partial charge in [-0.15, -0.1) is 0 Å². The molecular formula is C23H23FN6. The van der Waals surface area contributed by atoms with E-state index in [4.69, 9.17) is 10.8 Å². The molecule has 0 amide bonds. The summed E-state index contributed by atoms with van der Waals surface area (Å²) in [7, 11) is 0. The van der Waals surface area contributed by atoms with Crippen molar-refractivity contribution in [1.29, 1.82) is 0 Å². The highest BCUT2D eigenvalue weighted by atomic mass is 19.1. The van der Waals surface area contributed by atoms with Gasteiger partial charge in [-0.25, -0.2) is 19.0 Å². The van der Waals surface area contributed by atoms with Crippen molar-refractivity contribution in [2.45, 2.75) is 25.3 Å². The molecule has 4 aromatic rings. The van der Waals surface area contributed by atoms with Crippen LogP contribution in [0, 0.1) is 5.82 Å². The van der Waals surface area contributed by atoms with Crippen molar-refractivity contribution in [3.8, 4) is 11.3 Å². The summed E-state index contributed by atoms with van der Waals surface area (Å²) in [5.74, 6) is -0.00205. The lowest BCUT2D eigenvalue weighted by molar-refractivity contribution is 0.354. The molecule has 7 heteroatoms. The second-order valence-corrected chi connectivity index (χ2v) is 7.73. The number of nitrogens with zero attached hydrogens (tertiary/aromatic N) is 4. The summed E-state index contributed by atoms with van der Waals surface area (Å²) < 4.78 is 17.1. The average Bonchev–Trinajstić information content (AvgIpc) is 3.16. The number of halogens is 1. The molecule has 30 heavy (non-hydrogen) atoms. The summed E-state index contributed by atoms with van der Waals surface area (Å²) in [6, 6.07) is 15.5. The first kappa shape index (κ1) is 18.7. The lowest BCUT2D eigenvalue weighted by Crippen LogP contribution is -2.32. The van der Waals surface area contributed by atoms with Crippen LogP contribution in [0.3, 0.4) is 0 Å². The molecule has 3 N–H and O–H groups in total. The van der Waals surface area contributed by atoms with Gasteiger partial charge >= 0.3 is 0 Å². The first-order valence-electron chi connectivity index (χ1n) is 10.2. The number of aromatic nitrogens is 4. The minimum Gasteiger partial charge on any atom is -0.383 e. The van der Waals surface area contributed by atoms with Gasteiger partial charge in [0.05, 0.1) is 11.4 Å². The summed E-state index contributed by atoms with van der Waals surface area (Å²) in [5, 5.41) is 8.78. The molecular weight excluding hydrogens is 379 g/mol. The van der Waals surface area contributed by atoms with Gasteiger partial charge in [-0.1, -0.05) is 36.4 Å². The maximum atomic E-state index is 15.2. The molecule has 1 atom stereocenters. The van der Waals surface area contributed by atoms with Crippen molar-refractivity contribution in [1.82, 2.24) is 25.1 Å². The van der Waals surface area contributed by atoms with E-state index in [-0.39, 0.29) is 11.9 Å². The van der Waals surface area contributed by atoms with E-state index in [1.807, 2.05) is 41.1 Å². The van der Waals surface area contributed by atoms with Crippen LogP contribution in [0.25, 0.3) is 22.3 Å². The third-order valence-corrected chi connectivity index (χ3v) is 5.67. The number of hydrogen-bond donors (Lipinski definition) is 2. The summed E-state index contributed by atoms with van der Waals surface area (Å²) in [6.45, 7) is 1.80. The predicted octanol–water partition coefficient (Wildman–Crippen LogP) is 3.73. The fraction of sp³-hybridized carbons (Fsp3) is 0.261. The van der Waals surface area contributed by atoms with Crippen molar-refractivity contribution >= 4 is 16.9 Å². The number of nitrogen functional groups attached to an aromatic ring is 1. The van der Waals surface area contributed by atoms with Gasteiger partial charge in [0, 0.05) is 12.1 Å². The normalized spacial score (nSPS) is 16.8. The van der Waals surface area contributed by atoms with Gasteiger partial charge in [-0.2, -0.15) is 5.10 Å². The zero-order valence-electron chi connectivity index (χ0n) is 16.6. The molecule has 3 heterocycles. The number of nitrogens with two attached hydrogens (primary N) is 1. The zero-order valence-corrected chi connectivity index (χ0v) is 16.6. The monoisotopic (exact) mass is 402 g/mol. The molecule has 0 saturated carbocycles. The molecule has 152 valence electrons. The quantitative estimate of drug-likeness (QED) is 0.544. The van der Waals surface area contributed by atoms with E-state index in [1.54, 1.807) is 12.1 Å². The van der Waals surface area contributed by atoms with E-state index in [2.05, 4.69) is 15.3 Å². The van der Waals surface area contributed by atoms with Crippen LogP contribution in [-0.2, 0) is 6.42 Å². The van der Waals surface area contributed by atoms with Gasteiger partial charge in [-0.3, -0.25) is 0 Å². The van der Waals surface area contributed by atoms with Crippen molar-refractivity contribution in [3.05, 3.63) is 71.8 Å². The van der Waals surface area contributed by atoms with Gasteiger partial charge in [0.15, 0.2) is 5.65 Å². The number of benzene rings is 2. The molecule has 0 aliphatic carbocycles. The Morgan fingerprint density at radius 2 is 1.97 bits per heavy atom. The van der Waals surface area contributed by atoms with Crippen LogP contribution in [0.15, 0.2) is 54.9 Å².